The van der Waals surface area contributed by atoms with Gasteiger partial charge in [0.05, 0.1) is 13.7 Å². The third-order valence-electron chi connectivity index (χ3n) is 3.60. The van der Waals surface area contributed by atoms with Gasteiger partial charge in [0.1, 0.15) is 11.5 Å². The average molecular weight is 277 g/mol. The van der Waals surface area contributed by atoms with E-state index in [1.165, 1.54) is 12.8 Å². The molecule has 1 aliphatic carbocycles. The van der Waals surface area contributed by atoms with Crippen molar-refractivity contribution in [2.75, 3.05) is 13.7 Å². The highest BCUT2D eigenvalue weighted by molar-refractivity contribution is 5.76. The molecule has 4 nitrogen and oxygen atoms in total. The lowest BCUT2D eigenvalue weighted by Crippen LogP contribution is -2.32. The van der Waals surface area contributed by atoms with E-state index in [4.69, 9.17) is 9.47 Å². The summed E-state index contributed by atoms with van der Waals surface area (Å²) in [6.45, 7) is 0.560. The second-order valence-corrected chi connectivity index (χ2v) is 5.18. The molecule has 0 unspecified atom stereocenters. The topological polar surface area (TPSA) is 47.6 Å². The molecule has 20 heavy (non-hydrogen) atoms. The molecule has 0 spiro atoms. The van der Waals surface area contributed by atoms with Crippen molar-refractivity contribution in [3.63, 3.8) is 0 Å². The first-order chi connectivity index (χ1) is 9.78. The Balaban J connectivity index is 1.59. The van der Waals surface area contributed by atoms with Gasteiger partial charge in [0.15, 0.2) is 0 Å². The van der Waals surface area contributed by atoms with E-state index in [0.717, 1.165) is 30.8 Å². The number of nitrogens with one attached hydrogen (secondary N) is 1. The second-order valence-electron chi connectivity index (χ2n) is 5.18. The zero-order chi connectivity index (χ0) is 14.2. The van der Waals surface area contributed by atoms with Crippen molar-refractivity contribution in [1.82, 2.24) is 5.32 Å². The maximum Gasteiger partial charge on any atom is 0.220 e. The Morgan fingerprint density at radius 2 is 1.85 bits per heavy atom. The fourth-order valence-electron chi connectivity index (χ4n) is 2.46. The first-order valence-corrected chi connectivity index (χ1v) is 7.34. The van der Waals surface area contributed by atoms with Gasteiger partial charge in [0, 0.05) is 12.5 Å². The van der Waals surface area contributed by atoms with Gasteiger partial charge in [0.25, 0.3) is 0 Å². The molecule has 1 fully saturated rings. The summed E-state index contributed by atoms with van der Waals surface area (Å²) in [4.78, 5) is 11.7. The van der Waals surface area contributed by atoms with Crippen molar-refractivity contribution < 1.29 is 14.3 Å². The molecule has 2 rings (SSSR count). The number of ether oxygens (including phenoxy) is 2. The SMILES string of the molecule is COc1ccc(OCCCC(=O)NC2CCCC2)cc1. The van der Waals surface area contributed by atoms with Gasteiger partial charge in [-0.25, -0.2) is 0 Å². The number of methoxy groups -OCH3 is 1. The van der Waals surface area contributed by atoms with Crippen LogP contribution < -0.4 is 14.8 Å². The van der Waals surface area contributed by atoms with Crippen LogP contribution in [-0.4, -0.2) is 25.7 Å². The number of hydrogen-bond acceptors (Lipinski definition) is 3. The number of amides is 1. The van der Waals surface area contributed by atoms with Gasteiger partial charge in [-0.15, -0.1) is 0 Å². The molecule has 0 heterocycles. The van der Waals surface area contributed by atoms with Gasteiger partial charge >= 0.3 is 0 Å². The summed E-state index contributed by atoms with van der Waals surface area (Å²) < 4.78 is 10.7. The highest BCUT2D eigenvalue weighted by atomic mass is 16.5. The Bertz CT molecular complexity index is 410. The van der Waals surface area contributed by atoms with Gasteiger partial charge in [-0.2, -0.15) is 0 Å². The largest absolute Gasteiger partial charge is 0.497 e. The fraction of sp³-hybridized carbons (Fsp3) is 0.562. The number of carbonyl (C=O) groups excluding carboxylic acids is 1. The highest BCUT2D eigenvalue weighted by Crippen LogP contribution is 2.18. The van der Waals surface area contributed by atoms with Gasteiger partial charge in [0.2, 0.25) is 5.91 Å². The molecule has 1 N–H and O–H groups in total. The Morgan fingerprint density at radius 3 is 2.50 bits per heavy atom. The molecule has 1 aromatic rings. The summed E-state index contributed by atoms with van der Waals surface area (Å²) in [5.41, 5.74) is 0. The maximum atomic E-state index is 11.7. The fourth-order valence-corrected chi connectivity index (χ4v) is 2.46. The number of hydrogen-bond donors (Lipinski definition) is 1. The number of carbonyl (C=O) groups is 1. The van der Waals surface area contributed by atoms with Gasteiger partial charge in [-0.05, 0) is 43.5 Å². The average Bonchev–Trinajstić information content (AvgIpc) is 2.97. The van der Waals surface area contributed by atoms with Crippen LogP contribution >= 0.6 is 0 Å². The minimum absolute atomic E-state index is 0.148. The third kappa shape index (κ3) is 4.76. The van der Waals surface area contributed by atoms with Crippen LogP contribution in [0.25, 0.3) is 0 Å². The molecule has 0 saturated heterocycles. The minimum Gasteiger partial charge on any atom is -0.497 e. The van der Waals surface area contributed by atoms with Crippen LogP contribution in [0.2, 0.25) is 0 Å². The van der Waals surface area contributed by atoms with E-state index in [1.807, 2.05) is 24.3 Å². The molecular weight excluding hydrogens is 254 g/mol. The summed E-state index contributed by atoms with van der Waals surface area (Å²) in [7, 11) is 1.64. The summed E-state index contributed by atoms with van der Waals surface area (Å²) in [5, 5.41) is 3.08. The summed E-state index contributed by atoms with van der Waals surface area (Å²) in [6, 6.07) is 7.88. The Labute approximate surface area is 120 Å². The van der Waals surface area contributed by atoms with Crippen LogP contribution in [0, 0.1) is 0 Å². The molecule has 1 aliphatic rings. The number of rotatable bonds is 7. The van der Waals surface area contributed by atoms with Crippen LogP contribution in [0.3, 0.4) is 0 Å². The van der Waals surface area contributed by atoms with Crippen molar-refractivity contribution in [3.8, 4) is 11.5 Å². The van der Waals surface area contributed by atoms with Crippen LogP contribution in [-0.2, 0) is 4.79 Å². The molecule has 1 amide bonds. The van der Waals surface area contributed by atoms with Crippen LogP contribution in [0.4, 0.5) is 0 Å². The van der Waals surface area contributed by atoms with E-state index in [9.17, 15) is 4.79 Å². The van der Waals surface area contributed by atoms with Gasteiger partial charge in [-0.1, -0.05) is 12.8 Å². The van der Waals surface area contributed by atoms with Crippen molar-refractivity contribution in [2.24, 2.45) is 0 Å². The quantitative estimate of drug-likeness (QED) is 0.780. The Morgan fingerprint density at radius 1 is 1.20 bits per heavy atom. The van der Waals surface area contributed by atoms with E-state index in [2.05, 4.69) is 5.32 Å². The van der Waals surface area contributed by atoms with Crippen LogP contribution in [0.1, 0.15) is 38.5 Å². The lowest BCUT2D eigenvalue weighted by molar-refractivity contribution is -0.122. The molecule has 4 heteroatoms. The predicted molar refractivity (Wildman–Crippen MR) is 78.1 cm³/mol. The van der Waals surface area contributed by atoms with Crippen molar-refractivity contribution >= 4 is 5.91 Å². The zero-order valence-corrected chi connectivity index (χ0v) is 12.1. The molecule has 0 aromatic heterocycles. The lowest BCUT2D eigenvalue weighted by Gasteiger charge is -2.12. The summed E-state index contributed by atoms with van der Waals surface area (Å²) in [6.07, 6.45) is 6.02. The monoisotopic (exact) mass is 277 g/mol. The molecule has 0 atom stereocenters. The standard InChI is InChI=1S/C16H23NO3/c1-19-14-8-10-15(11-9-14)20-12-4-7-16(18)17-13-5-2-3-6-13/h8-11,13H,2-7,12H2,1H3,(H,17,18). The highest BCUT2D eigenvalue weighted by Gasteiger charge is 2.16. The van der Waals surface area contributed by atoms with E-state index in [-0.39, 0.29) is 5.91 Å². The first kappa shape index (κ1) is 14.7. The number of benzene rings is 1. The van der Waals surface area contributed by atoms with E-state index >= 15 is 0 Å². The van der Waals surface area contributed by atoms with Crippen LogP contribution in [0.15, 0.2) is 24.3 Å². The Hall–Kier alpha value is -1.71. The summed E-state index contributed by atoms with van der Waals surface area (Å²) >= 11 is 0. The minimum atomic E-state index is 0.148. The molecule has 1 saturated carbocycles. The van der Waals surface area contributed by atoms with Crippen molar-refractivity contribution in [3.05, 3.63) is 24.3 Å². The first-order valence-electron chi connectivity index (χ1n) is 7.34. The van der Waals surface area contributed by atoms with E-state index < -0.39 is 0 Å². The summed E-state index contributed by atoms with van der Waals surface area (Å²) in [5.74, 6) is 1.77. The second kappa shape index (κ2) is 7.78. The molecule has 1 aromatic carbocycles. The molecule has 0 radical (unpaired) electrons. The van der Waals surface area contributed by atoms with Crippen LogP contribution in [0.5, 0.6) is 11.5 Å². The molecular formula is C16H23NO3. The normalized spacial score (nSPS) is 15.1. The van der Waals surface area contributed by atoms with Gasteiger partial charge < -0.3 is 14.8 Å². The smallest absolute Gasteiger partial charge is 0.220 e. The van der Waals surface area contributed by atoms with E-state index in [1.54, 1.807) is 7.11 Å². The van der Waals surface area contributed by atoms with Gasteiger partial charge in [-0.3, -0.25) is 4.79 Å². The predicted octanol–water partition coefficient (Wildman–Crippen LogP) is 2.91. The molecule has 0 bridgehead atoms. The lowest BCUT2D eigenvalue weighted by atomic mass is 10.2. The van der Waals surface area contributed by atoms with Crippen molar-refractivity contribution in [2.45, 2.75) is 44.6 Å². The van der Waals surface area contributed by atoms with Crippen molar-refractivity contribution in [1.29, 1.82) is 0 Å². The molecule has 110 valence electrons. The zero-order valence-electron chi connectivity index (χ0n) is 12.1. The third-order valence-corrected chi connectivity index (χ3v) is 3.60. The Kier molecular flexibility index (Phi) is 5.71. The van der Waals surface area contributed by atoms with E-state index in [0.29, 0.717) is 19.1 Å². The maximum absolute atomic E-state index is 11.7. The molecule has 0 aliphatic heterocycles.